The van der Waals surface area contributed by atoms with E-state index in [2.05, 4.69) is 35.6 Å². The maximum atomic E-state index is 12.5. The van der Waals surface area contributed by atoms with Crippen LogP contribution >= 0.6 is 0 Å². The van der Waals surface area contributed by atoms with Crippen molar-refractivity contribution in [3.8, 4) is 5.69 Å². The fourth-order valence-electron chi connectivity index (χ4n) is 2.95. The number of nitrogens with zero attached hydrogens (tertiary/aromatic N) is 4. The van der Waals surface area contributed by atoms with Crippen molar-refractivity contribution in [2.45, 2.75) is 20.5 Å². The van der Waals surface area contributed by atoms with Gasteiger partial charge in [-0.3, -0.25) is 0 Å². The number of anilines is 1. The van der Waals surface area contributed by atoms with Gasteiger partial charge in [0.25, 0.3) is 0 Å². The number of sulfone groups is 1. The summed E-state index contributed by atoms with van der Waals surface area (Å²) in [6.45, 7) is 9.17. The second kappa shape index (κ2) is 9.23. The van der Waals surface area contributed by atoms with Crippen LogP contribution in [-0.2, 0) is 21.2 Å². The van der Waals surface area contributed by atoms with Gasteiger partial charge in [0.05, 0.1) is 25.2 Å². The summed E-state index contributed by atoms with van der Waals surface area (Å²) in [5.74, 6) is -0.158. The quantitative estimate of drug-likeness (QED) is 0.355. The molecule has 160 valence electrons. The Morgan fingerprint density at radius 3 is 2.73 bits per heavy atom. The van der Waals surface area contributed by atoms with Crippen LogP contribution in [-0.4, -0.2) is 48.9 Å². The predicted octanol–water partition coefficient (Wildman–Crippen LogP) is 2.29. The normalized spacial score (nSPS) is 11.7. The van der Waals surface area contributed by atoms with Crippen molar-refractivity contribution in [1.82, 2.24) is 15.0 Å². The fraction of sp³-hybridized carbons (Fsp3) is 0.350. The van der Waals surface area contributed by atoms with E-state index in [4.69, 9.17) is 9.15 Å². The zero-order valence-corrected chi connectivity index (χ0v) is 17.8. The van der Waals surface area contributed by atoms with E-state index in [-0.39, 0.29) is 24.7 Å². The molecule has 0 spiro atoms. The number of rotatable bonds is 10. The van der Waals surface area contributed by atoms with Gasteiger partial charge in [0.2, 0.25) is 0 Å². The molecule has 2 heterocycles. The zero-order chi connectivity index (χ0) is 21.7. The molecule has 0 N–H and O–H groups in total. The number of hydrogen-bond donors (Lipinski definition) is 0. The predicted molar refractivity (Wildman–Crippen MR) is 115 cm³/mol. The minimum atomic E-state index is -3.31. The van der Waals surface area contributed by atoms with Gasteiger partial charge in [-0.25, -0.2) is 17.9 Å². The summed E-state index contributed by atoms with van der Waals surface area (Å²) in [4.78, 5) is 14.7. The van der Waals surface area contributed by atoms with E-state index in [9.17, 15) is 13.2 Å². The lowest BCUT2D eigenvalue weighted by atomic mass is 10.2. The Balaban J connectivity index is 1.77. The highest BCUT2D eigenvalue weighted by Crippen LogP contribution is 2.22. The molecular weight excluding hydrogens is 408 g/mol. The SMILES string of the molecule is C=CS(=O)(=O)CCOCc1cn(-c2cc3ccc(N(CC)CC)cc3oc2=O)nn1. The van der Waals surface area contributed by atoms with Crippen LogP contribution in [0.3, 0.4) is 0 Å². The molecular formula is C20H24N4O5S. The lowest BCUT2D eigenvalue weighted by Crippen LogP contribution is -2.21. The van der Waals surface area contributed by atoms with E-state index >= 15 is 0 Å². The van der Waals surface area contributed by atoms with Crippen molar-refractivity contribution >= 4 is 26.5 Å². The molecule has 2 aromatic heterocycles. The number of aromatic nitrogens is 3. The summed E-state index contributed by atoms with van der Waals surface area (Å²) in [6, 6.07) is 7.43. The molecule has 0 atom stereocenters. The number of fused-ring (bicyclic) bond motifs is 1. The van der Waals surface area contributed by atoms with Gasteiger partial charge in [-0.05, 0) is 32.0 Å². The van der Waals surface area contributed by atoms with Gasteiger partial charge in [0.15, 0.2) is 15.5 Å². The van der Waals surface area contributed by atoms with Crippen LogP contribution in [0.5, 0.6) is 0 Å². The highest BCUT2D eigenvalue weighted by Gasteiger charge is 2.12. The third kappa shape index (κ3) is 4.95. The molecule has 3 aromatic rings. The van der Waals surface area contributed by atoms with Gasteiger partial charge in [-0.1, -0.05) is 11.8 Å². The molecule has 0 unspecified atom stereocenters. The van der Waals surface area contributed by atoms with Crippen molar-refractivity contribution in [3.63, 3.8) is 0 Å². The van der Waals surface area contributed by atoms with Crippen LogP contribution in [0.4, 0.5) is 5.69 Å². The monoisotopic (exact) mass is 432 g/mol. The van der Waals surface area contributed by atoms with E-state index in [1.165, 1.54) is 4.68 Å². The molecule has 0 saturated carbocycles. The van der Waals surface area contributed by atoms with Gasteiger partial charge in [0.1, 0.15) is 11.3 Å². The largest absolute Gasteiger partial charge is 0.421 e. The molecule has 9 nitrogen and oxygen atoms in total. The molecule has 0 aliphatic carbocycles. The first-order valence-electron chi connectivity index (χ1n) is 9.54. The van der Waals surface area contributed by atoms with E-state index in [0.29, 0.717) is 11.3 Å². The second-order valence-corrected chi connectivity index (χ2v) is 8.62. The molecule has 3 rings (SSSR count). The summed E-state index contributed by atoms with van der Waals surface area (Å²) in [7, 11) is -3.31. The molecule has 30 heavy (non-hydrogen) atoms. The van der Waals surface area contributed by atoms with Crippen LogP contribution in [0.25, 0.3) is 16.7 Å². The van der Waals surface area contributed by atoms with Crippen LogP contribution < -0.4 is 10.5 Å². The van der Waals surface area contributed by atoms with Crippen molar-refractivity contribution in [2.75, 3.05) is 30.3 Å². The molecule has 1 aromatic carbocycles. The Labute approximate surface area is 174 Å². The zero-order valence-electron chi connectivity index (χ0n) is 16.9. The van der Waals surface area contributed by atoms with Gasteiger partial charge < -0.3 is 14.1 Å². The summed E-state index contributed by atoms with van der Waals surface area (Å²) < 4.78 is 34.9. The van der Waals surface area contributed by atoms with E-state index < -0.39 is 15.5 Å². The Bertz CT molecular complexity index is 1200. The maximum absolute atomic E-state index is 12.5. The first kappa shape index (κ1) is 21.7. The average Bonchev–Trinajstić information content (AvgIpc) is 3.20. The first-order chi connectivity index (χ1) is 14.4. The van der Waals surface area contributed by atoms with Crippen molar-refractivity contribution in [2.24, 2.45) is 0 Å². The third-order valence-corrected chi connectivity index (χ3v) is 5.88. The van der Waals surface area contributed by atoms with Crippen molar-refractivity contribution < 1.29 is 17.6 Å². The molecule has 10 heteroatoms. The number of benzene rings is 1. The number of ether oxygens (including phenoxy) is 1. The molecule has 0 amide bonds. The number of hydrogen-bond acceptors (Lipinski definition) is 8. The fourth-order valence-corrected chi connectivity index (χ4v) is 3.47. The van der Waals surface area contributed by atoms with Gasteiger partial charge >= 0.3 is 5.63 Å². The van der Waals surface area contributed by atoms with Gasteiger partial charge in [0, 0.05) is 35.6 Å². The van der Waals surface area contributed by atoms with Crippen LogP contribution in [0.2, 0.25) is 0 Å². The molecule has 0 saturated heterocycles. The summed E-state index contributed by atoms with van der Waals surface area (Å²) >= 11 is 0. The van der Waals surface area contributed by atoms with E-state index in [1.807, 2.05) is 18.2 Å². The van der Waals surface area contributed by atoms with Crippen LogP contribution in [0.15, 0.2) is 51.7 Å². The summed E-state index contributed by atoms with van der Waals surface area (Å²) in [6.07, 6.45) is 1.55. The standard InChI is InChI=1S/C20H24N4O5S/c1-4-23(5-2)17-8-7-15-11-18(20(25)29-19(15)12-17)24-13-16(21-22-24)14-28-9-10-30(26,27)6-3/h6-8,11-13H,3-5,9-10,14H2,1-2H3. The highest BCUT2D eigenvalue weighted by molar-refractivity contribution is 7.94. The van der Waals surface area contributed by atoms with E-state index in [0.717, 1.165) is 29.6 Å². The minimum absolute atomic E-state index is 0.00813. The molecule has 0 aliphatic heterocycles. The molecule has 0 bridgehead atoms. The smallest absolute Gasteiger partial charge is 0.362 e. The van der Waals surface area contributed by atoms with Crippen molar-refractivity contribution in [1.29, 1.82) is 0 Å². The maximum Gasteiger partial charge on any atom is 0.362 e. The summed E-state index contributed by atoms with van der Waals surface area (Å²) in [5, 5.41) is 9.58. The Kier molecular flexibility index (Phi) is 6.68. The van der Waals surface area contributed by atoms with Gasteiger partial charge in [-0.2, -0.15) is 0 Å². The molecule has 0 fully saturated rings. The third-order valence-electron chi connectivity index (χ3n) is 4.63. The molecule has 0 radical (unpaired) electrons. The van der Waals surface area contributed by atoms with Crippen molar-refractivity contribution in [3.05, 3.63) is 58.6 Å². The second-order valence-electron chi connectivity index (χ2n) is 6.55. The topological polar surface area (TPSA) is 108 Å². The Hall–Kier alpha value is -2.98. The Morgan fingerprint density at radius 2 is 2.03 bits per heavy atom. The van der Waals surface area contributed by atoms with E-state index in [1.54, 1.807) is 12.3 Å². The van der Waals surface area contributed by atoms with Crippen LogP contribution in [0.1, 0.15) is 19.5 Å². The van der Waals surface area contributed by atoms with Crippen LogP contribution in [0, 0.1) is 0 Å². The average molecular weight is 433 g/mol. The summed E-state index contributed by atoms with van der Waals surface area (Å²) in [5.41, 5.74) is 1.64. The highest BCUT2D eigenvalue weighted by atomic mass is 32.2. The van der Waals surface area contributed by atoms with Gasteiger partial charge in [-0.15, -0.1) is 5.10 Å². The minimum Gasteiger partial charge on any atom is -0.421 e. The Morgan fingerprint density at radius 1 is 1.27 bits per heavy atom. The lowest BCUT2D eigenvalue weighted by molar-refractivity contribution is 0.132. The lowest BCUT2D eigenvalue weighted by Gasteiger charge is -2.20. The first-order valence-corrected chi connectivity index (χ1v) is 11.3. The molecule has 0 aliphatic rings.